The number of aliphatic hydroxyl groups is 1. The van der Waals surface area contributed by atoms with Gasteiger partial charge < -0.3 is 5.11 Å². The molecule has 0 aromatic carbocycles. The molecule has 0 aromatic rings. The van der Waals surface area contributed by atoms with E-state index < -0.39 is 0 Å². The van der Waals surface area contributed by atoms with Crippen LogP contribution in [0.4, 0.5) is 0 Å². The Morgan fingerprint density at radius 3 is 2.07 bits per heavy atom. The average molecular weight is 213 g/mol. The van der Waals surface area contributed by atoms with Crippen molar-refractivity contribution in [1.82, 2.24) is 4.90 Å². The first-order valence-corrected chi connectivity index (χ1v) is 6.35. The number of hydrogen-bond donors (Lipinski definition) is 1. The van der Waals surface area contributed by atoms with Gasteiger partial charge in [-0.2, -0.15) is 0 Å². The van der Waals surface area contributed by atoms with Crippen LogP contribution < -0.4 is 0 Å². The van der Waals surface area contributed by atoms with E-state index in [9.17, 15) is 5.11 Å². The predicted octanol–water partition coefficient (Wildman–Crippen LogP) is 2.72. The van der Waals surface area contributed by atoms with Crippen molar-refractivity contribution in [2.24, 2.45) is 17.8 Å². The zero-order valence-corrected chi connectivity index (χ0v) is 10.7. The molecule has 1 atom stereocenters. The van der Waals surface area contributed by atoms with Crippen LogP contribution in [0.5, 0.6) is 0 Å². The Hall–Kier alpha value is -0.0800. The first-order valence-electron chi connectivity index (χ1n) is 6.35. The minimum atomic E-state index is -0.231. The molecule has 15 heavy (non-hydrogen) atoms. The SMILES string of the molecule is CC(C)CC1CCC(C(O)N(C)C)CC1. The summed E-state index contributed by atoms with van der Waals surface area (Å²) in [7, 11) is 3.93. The van der Waals surface area contributed by atoms with Gasteiger partial charge in [-0.1, -0.05) is 26.7 Å². The number of rotatable bonds is 4. The third-order valence-electron chi connectivity index (χ3n) is 3.65. The van der Waals surface area contributed by atoms with Crippen molar-refractivity contribution < 1.29 is 5.11 Å². The summed E-state index contributed by atoms with van der Waals surface area (Å²) >= 11 is 0. The minimum Gasteiger partial charge on any atom is -0.378 e. The molecule has 0 aliphatic heterocycles. The van der Waals surface area contributed by atoms with Crippen LogP contribution in [0.1, 0.15) is 46.0 Å². The smallest absolute Gasteiger partial charge is 0.109 e. The number of aliphatic hydroxyl groups excluding tert-OH is 1. The molecule has 0 aromatic heterocycles. The largest absolute Gasteiger partial charge is 0.378 e. The lowest BCUT2D eigenvalue weighted by Gasteiger charge is -2.34. The Morgan fingerprint density at radius 2 is 1.67 bits per heavy atom. The summed E-state index contributed by atoms with van der Waals surface area (Å²) in [4.78, 5) is 1.94. The maximum Gasteiger partial charge on any atom is 0.109 e. The van der Waals surface area contributed by atoms with Gasteiger partial charge in [0, 0.05) is 0 Å². The standard InChI is InChI=1S/C13H27NO/c1-10(2)9-11-5-7-12(8-6-11)13(15)14(3)4/h10-13,15H,5-9H2,1-4H3. The van der Waals surface area contributed by atoms with Crippen LogP contribution in [0.25, 0.3) is 0 Å². The summed E-state index contributed by atoms with van der Waals surface area (Å²) in [5, 5.41) is 9.95. The maximum atomic E-state index is 9.95. The molecular weight excluding hydrogens is 186 g/mol. The van der Waals surface area contributed by atoms with E-state index in [1.165, 1.54) is 32.1 Å². The van der Waals surface area contributed by atoms with Gasteiger partial charge >= 0.3 is 0 Å². The van der Waals surface area contributed by atoms with Crippen molar-refractivity contribution in [3.8, 4) is 0 Å². The summed E-state index contributed by atoms with van der Waals surface area (Å²) in [6, 6.07) is 0. The molecule has 1 aliphatic carbocycles. The van der Waals surface area contributed by atoms with Gasteiger partial charge in [-0.15, -0.1) is 0 Å². The van der Waals surface area contributed by atoms with E-state index in [1.54, 1.807) is 0 Å². The van der Waals surface area contributed by atoms with Gasteiger partial charge in [0.15, 0.2) is 0 Å². The molecule has 90 valence electrons. The Morgan fingerprint density at radius 1 is 1.13 bits per heavy atom. The fraction of sp³-hybridized carbons (Fsp3) is 1.00. The Balaban J connectivity index is 2.29. The van der Waals surface area contributed by atoms with E-state index in [2.05, 4.69) is 13.8 Å². The predicted molar refractivity (Wildman–Crippen MR) is 64.6 cm³/mol. The molecule has 0 spiro atoms. The lowest BCUT2D eigenvalue weighted by Crippen LogP contribution is -2.37. The molecule has 1 N–H and O–H groups in total. The topological polar surface area (TPSA) is 23.5 Å². The molecule has 0 radical (unpaired) electrons. The van der Waals surface area contributed by atoms with Crippen LogP contribution in [-0.2, 0) is 0 Å². The van der Waals surface area contributed by atoms with Crippen LogP contribution in [0.2, 0.25) is 0 Å². The van der Waals surface area contributed by atoms with Crippen molar-refractivity contribution >= 4 is 0 Å². The lowest BCUT2D eigenvalue weighted by molar-refractivity contribution is -0.0284. The van der Waals surface area contributed by atoms with Gasteiger partial charge in [0.2, 0.25) is 0 Å². The van der Waals surface area contributed by atoms with Gasteiger partial charge in [0.25, 0.3) is 0 Å². The fourth-order valence-electron chi connectivity index (χ4n) is 2.81. The van der Waals surface area contributed by atoms with Crippen molar-refractivity contribution in [3.05, 3.63) is 0 Å². The van der Waals surface area contributed by atoms with Crippen molar-refractivity contribution in [1.29, 1.82) is 0 Å². The second kappa shape index (κ2) is 5.86. The molecule has 0 saturated heterocycles. The molecule has 1 saturated carbocycles. The van der Waals surface area contributed by atoms with Crippen LogP contribution in [-0.4, -0.2) is 30.3 Å². The summed E-state index contributed by atoms with van der Waals surface area (Å²) < 4.78 is 0. The molecule has 1 rings (SSSR count). The number of nitrogens with zero attached hydrogens (tertiary/aromatic N) is 1. The Labute approximate surface area is 94.7 Å². The second-order valence-electron chi connectivity index (χ2n) is 5.79. The third kappa shape index (κ3) is 4.12. The molecule has 1 unspecified atom stereocenters. The summed E-state index contributed by atoms with van der Waals surface area (Å²) in [6.07, 6.45) is 6.17. The highest BCUT2D eigenvalue weighted by atomic mass is 16.3. The molecular formula is C13H27NO. The Bertz CT molecular complexity index is 171. The quantitative estimate of drug-likeness (QED) is 0.726. The summed E-state index contributed by atoms with van der Waals surface area (Å²) in [5.41, 5.74) is 0. The zero-order chi connectivity index (χ0) is 11.4. The summed E-state index contributed by atoms with van der Waals surface area (Å²) in [6.45, 7) is 4.61. The van der Waals surface area contributed by atoms with Gasteiger partial charge in [-0.05, 0) is 51.1 Å². The van der Waals surface area contributed by atoms with Gasteiger partial charge in [0.05, 0.1) is 0 Å². The molecule has 1 fully saturated rings. The normalized spacial score (nSPS) is 29.8. The summed E-state index contributed by atoms with van der Waals surface area (Å²) in [5.74, 6) is 2.24. The van der Waals surface area contributed by atoms with E-state index in [4.69, 9.17) is 0 Å². The molecule has 2 heteroatoms. The average Bonchev–Trinajstić information content (AvgIpc) is 2.17. The van der Waals surface area contributed by atoms with E-state index in [1.807, 2.05) is 19.0 Å². The molecule has 0 amide bonds. The van der Waals surface area contributed by atoms with Crippen LogP contribution in [0.3, 0.4) is 0 Å². The van der Waals surface area contributed by atoms with E-state index >= 15 is 0 Å². The van der Waals surface area contributed by atoms with Crippen molar-refractivity contribution in [2.75, 3.05) is 14.1 Å². The fourth-order valence-corrected chi connectivity index (χ4v) is 2.81. The highest BCUT2D eigenvalue weighted by molar-refractivity contribution is 4.76. The van der Waals surface area contributed by atoms with Gasteiger partial charge in [-0.3, -0.25) is 4.90 Å². The third-order valence-corrected chi connectivity index (χ3v) is 3.65. The van der Waals surface area contributed by atoms with Crippen LogP contribution in [0.15, 0.2) is 0 Å². The van der Waals surface area contributed by atoms with Gasteiger partial charge in [0.1, 0.15) is 6.23 Å². The second-order valence-corrected chi connectivity index (χ2v) is 5.79. The number of hydrogen-bond acceptors (Lipinski definition) is 2. The zero-order valence-electron chi connectivity index (χ0n) is 10.7. The van der Waals surface area contributed by atoms with Gasteiger partial charge in [-0.25, -0.2) is 0 Å². The molecule has 1 aliphatic rings. The van der Waals surface area contributed by atoms with Crippen LogP contribution >= 0.6 is 0 Å². The lowest BCUT2D eigenvalue weighted by atomic mass is 9.78. The van der Waals surface area contributed by atoms with E-state index in [0.29, 0.717) is 5.92 Å². The van der Waals surface area contributed by atoms with Crippen LogP contribution in [0, 0.1) is 17.8 Å². The van der Waals surface area contributed by atoms with E-state index in [0.717, 1.165) is 11.8 Å². The monoisotopic (exact) mass is 213 g/mol. The first-order chi connectivity index (χ1) is 7.00. The first kappa shape index (κ1) is 13.0. The highest BCUT2D eigenvalue weighted by Crippen LogP contribution is 2.34. The highest BCUT2D eigenvalue weighted by Gasteiger charge is 2.27. The molecule has 0 heterocycles. The maximum absolute atomic E-state index is 9.95. The minimum absolute atomic E-state index is 0.231. The molecule has 0 bridgehead atoms. The van der Waals surface area contributed by atoms with Crippen molar-refractivity contribution in [3.63, 3.8) is 0 Å². The molecule has 2 nitrogen and oxygen atoms in total. The Kier molecular flexibility index (Phi) is 5.07. The van der Waals surface area contributed by atoms with Crippen molar-refractivity contribution in [2.45, 2.75) is 52.2 Å². The van der Waals surface area contributed by atoms with E-state index in [-0.39, 0.29) is 6.23 Å².